The first-order valence-corrected chi connectivity index (χ1v) is 7.57. The van der Waals surface area contributed by atoms with Crippen molar-refractivity contribution < 1.29 is 4.74 Å². The highest BCUT2D eigenvalue weighted by Gasteiger charge is 2.11. The average molecular weight is 284 g/mol. The summed E-state index contributed by atoms with van der Waals surface area (Å²) in [6.07, 6.45) is 2.98. The van der Waals surface area contributed by atoms with E-state index in [4.69, 9.17) is 4.74 Å². The maximum absolute atomic E-state index is 5.79. The molecule has 1 heterocycles. The van der Waals surface area contributed by atoms with Crippen molar-refractivity contribution in [1.82, 2.24) is 4.98 Å². The van der Waals surface area contributed by atoms with Gasteiger partial charge in [0.25, 0.3) is 0 Å². The summed E-state index contributed by atoms with van der Waals surface area (Å²) < 4.78 is 5.79. The quantitative estimate of drug-likeness (QED) is 0.841. The van der Waals surface area contributed by atoms with Crippen LogP contribution in [0.4, 0.5) is 5.82 Å². The van der Waals surface area contributed by atoms with Gasteiger partial charge in [-0.3, -0.25) is 0 Å². The maximum atomic E-state index is 5.79. The average Bonchev–Trinajstić information content (AvgIpc) is 2.49. The number of nitrogens with zero attached hydrogens (tertiary/aromatic N) is 1. The van der Waals surface area contributed by atoms with E-state index in [1.165, 1.54) is 11.1 Å². The van der Waals surface area contributed by atoms with Gasteiger partial charge in [0.15, 0.2) is 11.6 Å². The number of aryl methyl sites for hydroxylation is 1. The van der Waals surface area contributed by atoms with Crippen LogP contribution in [0.25, 0.3) is 0 Å². The van der Waals surface area contributed by atoms with E-state index in [0.717, 1.165) is 18.0 Å². The molecule has 1 aromatic carbocycles. The first-order valence-electron chi connectivity index (χ1n) is 7.57. The molecule has 1 aromatic heterocycles. The molecule has 0 saturated heterocycles. The van der Waals surface area contributed by atoms with Crippen molar-refractivity contribution in [3.05, 3.63) is 53.7 Å². The molecule has 0 saturated carbocycles. The van der Waals surface area contributed by atoms with Gasteiger partial charge in [0.05, 0.1) is 12.1 Å². The van der Waals surface area contributed by atoms with Crippen LogP contribution in [0.5, 0.6) is 5.75 Å². The number of aromatic nitrogens is 1. The van der Waals surface area contributed by atoms with E-state index in [-0.39, 0.29) is 12.1 Å². The Hall–Kier alpha value is -2.03. The topological polar surface area (TPSA) is 34.2 Å². The van der Waals surface area contributed by atoms with Gasteiger partial charge in [-0.05, 0) is 50.5 Å². The number of anilines is 1. The van der Waals surface area contributed by atoms with Crippen molar-refractivity contribution in [3.63, 3.8) is 0 Å². The van der Waals surface area contributed by atoms with Gasteiger partial charge in [-0.1, -0.05) is 31.2 Å². The first kappa shape index (κ1) is 15.4. The minimum absolute atomic E-state index is 0.133. The van der Waals surface area contributed by atoms with Crippen molar-refractivity contribution in [2.45, 2.75) is 46.3 Å². The standard InChI is InChI=1S/C18H24N2O/c1-5-15-8-10-16(11-9-15)14(4)20-18-17(21-13(2)3)7-6-12-19-18/h6-14H,5H2,1-4H3,(H,19,20). The number of nitrogens with one attached hydrogen (secondary N) is 1. The molecule has 0 bridgehead atoms. The van der Waals surface area contributed by atoms with E-state index in [1.54, 1.807) is 6.20 Å². The summed E-state index contributed by atoms with van der Waals surface area (Å²) >= 11 is 0. The van der Waals surface area contributed by atoms with Crippen molar-refractivity contribution in [3.8, 4) is 5.75 Å². The number of hydrogen-bond acceptors (Lipinski definition) is 3. The lowest BCUT2D eigenvalue weighted by atomic mass is 10.1. The largest absolute Gasteiger partial charge is 0.487 e. The fraction of sp³-hybridized carbons (Fsp3) is 0.389. The summed E-state index contributed by atoms with van der Waals surface area (Å²) in [5, 5.41) is 3.43. The highest BCUT2D eigenvalue weighted by Crippen LogP contribution is 2.26. The SMILES string of the molecule is CCc1ccc(C(C)Nc2ncccc2OC(C)C)cc1. The van der Waals surface area contributed by atoms with Crippen LogP contribution in [0.1, 0.15) is 44.9 Å². The Labute approximate surface area is 127 Å². The molecule has 0 spiro atoms. The third-order valence-corrected chi connectivity index (χ3v) is 3.37. The summed E-state index contributed by atoms with van der Waals surface area (Å²) in [7, 11) is 0. The van der Waals surface area contributed by atoms with Gasteiger partial charge in [0.2, 0.25) is 0 Å². The Balaban J connectivity index is 2.13. The van der Waals surface area contributed by atoms with Gasteiger partial charge in [-0.25, -0.2) is 4.98 Å². The third-order valence-electron chi connectivity index (χ3n) is 3.37. The fourth-order valence-corrected chi connectivity index (χ4v) is 2.18. The Kier molecular flexibility index (Phi) is 5.20. The molecule has 3 heteroatoms. The molecular formula is C18H24N2O. The van der Waals surface area contributed by atoms with Crippen LogP contribution >= 0.6 is 0 Å². The smallest absolute Gasteiger partial charge is 0.169 e. The van der Waals surface area contributed by atoms with Crippen molar-refractivity contribution in [2.24, 2.45) is 0 Å². The number of benzene rings is 1. The molecule has 0 radical (unpaired) electrons. The van der Waals surface area contributed by atoms with E-state index in [1.807, 2.05) is 26.0 Å². The number of pyridine rings is 1. The van der Waals surface area contributed by atoms with Crippen LogP contribution in [-0.2, 0) is 6.42 Å². The maximum Gasteiger partial charge on any atom is 0.169 e. The molecule has 1 N–H and O–H groups in total. The molecule has 2 rings (SSSR count). The molecule has 1 unspecified atom stereocenters. The number of rotatable bonds is 6. The highest BCUT2D eigenvalue weighted by molar-refractivity contribution is 5.51. The molecule has 3 nitrogen and oxygen atoms in total. The normalized spacial score (nSPS) is 12.2. The molecular weight excluding hydrogens is 260 g/mol. The van der Waals surface area contributed by atoms with Crippen LogP contribution in [0, 0.1) is 0 Å². The monoisotopic (exact) mass is 284 g/mol. The van der Waals surface area contributed by atoms with Crippen molar-refractivity contribution >= 4 is 5.82 Å². The lowest BCUT2D eigenvalue weighted by Gasteiger charge is -2.19. The van der Waals surface area contributed by atoms with E-state index in [9.17, 15) is 0 Å². The molecule has 0 aliphatic heterocycles. The van der Waals surface area contributed by atoms with Gasteiger partial charge in [0.1, 0.15) is 0 Å². The van der Waals surface area contributed by atoms with Gasteiger partial charge in [-0.15, -0.1) is 0 Å². The summed E-state index contributed by atoms with van der Waals surface area (Å²) in [4.78, 5) is 4.39. The van der Waals surface area contributed by atoms with E-state index in [0.29, 0.717) is 0 Å². The van der Waals surface area contributed by atoms with Gasteiger partial charge in [-0.2, -0.15) is 0 Å². The zero-order valence-corrected chi connectivity index (χ0v) is 13.3. The predicted octanol–water partition coefficient (Wildman–Crippen LogP) is 4.60. The van der Waals surface area contributed by atoms with E-state index in [2.05, 4.69) is 48.4 Å². The Bertz CT molecular complexity index is 564. The second-order valence-corrected chi connectivity index (χ2v) is 5.48. The molecule has 112 valence electrons. The molecule has 2 aromatic rings. The van der Waals surface area contributed by atoms with Crippen LogP contribution in [0.3, 0.4) is 0 Å². The third kappa shape index (κ3) is 4.22. The van der Waals surface area contributed by atoms with Gasteiger partial charge >= 0.3 is 0 Å². The molecule has 0 amide bonds. The van der Waals surface area contributed by atoms with Crippen LogP contribution in [0.2, 0.25) is 0 Å². The lowest BCUT2D eigenvalue weighted by molar-refractivity contribution is 0.242. The Morgan fingerprint density at radius 3 is 2.43 bits per heavy atom. The summed E-state index contributed by atoms with van der Waals surface area (Å²) in [6.45, 7) is 8.34. The minimum Gasteiger partial charge on any atom is -0.487 e. The lowest BCUT2D eigenvalue weighted by Crippen LogP contribution is -2.12. The Morgan fingerprint density at radius 1 is 1.10 bits per heavy atom. The second-order valence-electron chi connectivity index (χ2n) is 5.48. The van der Waals surface area contributed by atoms with Crippen molar-refractivity contribution in [2.75, 3.05) is 5.32 Å². The molecule has 0 fully saturated rings. The van der Waals surface area contributed by atoms with Gasteiger partial charge < -0.3 is 10.1 Å². The predicted molar refractivity (Wildman–Crippen MR) is 87.9 cm³/mol. The van der Waals surface area contributed by atoms with E-state index >= 15 is 0 Å². The van der Waals surface area contributed by atoms with Crippen molar-refractivity contribution in [1.29, 1.82) is 0 Å². The van der Waals surface area contributed by atoms with Gasteiger partial charge in [0, 0.05) is 6.20 Å². The fourth-order valence-electron chi connectivity index (χ4n) is 2.18. The van der Waals surface area contributed by atoms with Crippen LogP contribution in [0.15, 0.2) is 42.6 Å². The summed E-state index contributed by atoms with van der Waals surface area (Å²) in [5.41, 5.74) is 2.60. The molecule has 0 aliphatic rings. The minimum atomic E-state index is 0.133. The van der Waals surface area contributed by atoms with Crippen LogP contribution < -0.4 is 10.1 Å². The number of hydrogen-bond donors (Lipinski definition) is 1. The zero-order chi connectivity index (χ0) is 15.2. The molecule has 21 heavy (non-hydrogen) atoms. The van der Waals surface area contributed by atoms with E-state index < -0.39 is 0 Å². The summed E-state index contributed by atoms with van der Waals surface area (Å²) in [6, 6.07) is 12.7. The highest BCUT2D eigenvalue weighted by atomic mass is 16.5. The molecule has 1 atom stereocenters. The van der Waals surface area contributed by atoms with Crippen LogP contribution in [-0.4, -0.2) is 11.1 Å². The summed E-state index contributed by atoms with van der Waals surface area (Å²) in [5.74, 6) is 1.59. The second kappa shape index (κ2) is 7.11. The zero-order valence-electron chi connectivity index (χ0n) is 13.3. The first-order chi connectivity index (χ1) is 10.1. The Morgan fingerprint density at radius 2 is 1.81 bits per heavy atom. The molecule has 0 aliphatic carbocycles. The number of ether oxygens (including phenoxy) is 1.